The number of nitrogens with one attached hydrogen (secondary N) is 1. The maximum Gasteiger partial charge on any atom is 0.416 e. The predicted molar refractivity (Wildman–Crippen MR) is 114 cm³/mol. The highest BCUT2D eigenvalue weighted by atomic mass is 35.5. The van der Waals surface area contributed by atoms with Gasteiger partial charge in [0.15, 0.2) is 0 Å². The van der Waals surface area contributed by atoms with Crippen molar-refractivity contribution in [2.75, 3.05) is 5.32 Å². The van der Waals surface area contributed by atoms with Crippen LogP contribution in [-0.4, -0.2) is 10.8 Å². The molecule has 0 spiro atoms. The molecule has 0 fully saturated rings. The molecule has 0 saturated carbocycles. The van der Waals surface area contributed by atoms with Crippen molar-refractivity contribution in [2.45, 2.75) is 12.4 Å². The van der Waals surface area contributed by atoms with E-state index >= 15 is 0 Å². The van der Waals surface area contributed by atoms with E-state index in [2.05, 4.69) is 0 Å². The fourth-order valence-electron chi connectivity index (χ4n) is 2.91. The molecule has 1 aromatic heterocycles. The Morgan fingerprint density at radius 1 is 1.03 bits per heavy atom. The molecule has 36 heavy (non-hydrogen) atoms. The average molecular weight is 530 g/mol. The van der Waals surface area contributed by atoms with Crippen LogP contribution in [0.2, 0.25) is 5.02 Å². The third-order valence-electron chi connectivity index (χ3n) is 4.55. The summed E-state index contributed by atoms with van der Waals surface area (Å²) >= 11 is 6.02. The SMILES string of the molecule is N#C/C(=C\c1ccc(-c2ccc([N+](=O)[O-])cc2Cl)o1)C(=O)Nc1cc(C(F)(F)F)cc(C(F)(F)F)c1. The number of rotatable bonds is 5. The van der Waals surface area contributed by atoms with E-state index in [1.54, 1.807) is 0 Å². The molecule has 186 valence electrons. The monoisotopic (exact) mass is 529 g/mol. The third kappa shape index (κ3) is 6.02. The summed E-state index contributed by atoms with van der Waals surface area (Å²) in [5, 5.41) is 21.9. The summed E-state index contributed by atoms with van der Waals surface area (Å²) in [4.78, 5) is 22.6. The Morgan fingerprint density at radius 3 is 2.14 bits per heavy atom. The van der Waals surface area contributed by atoms with Crippen LogP contribution in [-0.2, 0) is 17.1 Å². The van der Waals surface area contributed by atoms with Crippen molar-refractivity contribution >= 4 is 35.0 Å². The van der Waals surface area contributed by atoms with Crippen LogP contribution in [0.3, 0.4) is 0 Å². The number of carbonyl (C=O) groups is 1. The maximum absolute atomic E-state index is 13.0. The van der Waals surface area contributed by atoms with Gasteiger partial charge in [0.2, 0.25) is 0 Å². The van der Waals surface area contributed by atoms with Crippen LogP contribution < -0.4 is 5.32 Å². The van der Waals surface area contributed by atoms with Gasteiger partial charge in [-0.3, -0.25) is 14.9 Å². The topological polar surface area (TPSA) is 109 Å². The summed E-state index contributed by atoms with van der Waals surface area (Å²) in [5.41, 5.74) is -4.86. The van der Waals surface area contributed by atoms with Gasteiger partial charge in [0.05, 0.1) is 21.1 Å². The Kier molecular flexibility index (Phi) is 7.12. The molecule has 0 aliphatic rings. The number of nitriles is 1. The highest BCUT2D eigenvalue weighted by molar-refractivity contribution is 6.33. The lowest BCUT2D eigenvalue weighted by Crippen LogP contribution is -2.16. The van der Waals surface area contributed by atoms with Crippen molar-refractivity contribution < 1.29 is 40.5 Å². The van der Waals surface area contributed by atoms with Gasteiger partial charge < -0.3 is 9.73 Å². The van der Waals surface area contributed by atoms with Crippen LogP contribution in [0.15, 0.2) is 58.5 Å². The molecule has 7 nitrogen and oxygen atoms in total. The molecule has 1 heterocycles. The number of carbonyl (C=O) groups excluding carboxylic acids is 1. The Bertz CT molecular complexity index is 1390. The Balaban J connectivity index is 1.89. The quantitative estimate of drug-likeness (QED) is 0.125. The summed E-state index contributed by atoms with van der Waals surface area (Å²) in [6, 6.07) is 8.18. The lowest BCUT2D eigenvalue weighted by Gasteiger charge is -2.14. The molecule has 14 heteroatoms. The summed E-state index contributed by atoms with van der Waals surface area (Å²) in [6.07, 6.45) is -9.35. The van der Waals surface area contributed by atoms with Crippen LogP contribution >= 0.6 is 11.6 Å². The molecular formula is C22H10ClF6N3O4. The average Bonchev–Trinajstić information content (AvgIpc) is 3.24. The lowest BCUT2D eigenvalue weighted by atomic mass is 10.1. The maximum atomic E-state index is 13.0. The second-order valence-electron chi connectivity index (χ2n) is 7.04. The van der Waals surface area contributed by atoms with E-state index < -0.39 is 45.6 Å². The van der Waals surface area contributed by atoms with Crippen molar-refractivity contribution in [3.05, 3.63) is 86.1 Å². The van der Waals surface area contributed by atoms with Gasteiger partial charge in [-0.1, -0.05) is 11.6 Å². The number of hydrogen-bond acceptors (Lipinski definition) is 5. The number of amides is 1. The first-order valence-electron chi connectivity index (χ1n) is 9.46. The van der Waals surface area contributed by atoms with Gasteiger partial charge in [0.1, 0.15) is 23.2 Å². The normalized spacial score (nSPS) is 12.2. The number of benzene rings is 2. The number of furan rings is 1. The van der Waals surface area contributed by atoms with E-state index in [1.165, 1.54) is 24.3 Å². The van der Waals surface area contributed by atoms with Crippen LogP contribution in [0.25, 0.3) is 17.4 Å². The van der Waals surface area contributed by atoms with Gasteiger partial charge in [-0.2, -0.15) is 31.6 Å². The summed E-state index contributed by atoms with van der Waals surface area (Å²) in [6.45, 7) is 0. The van der Waals surface area contributed by atoms with Crippen molar-refractivity contribution in [3.8, 4) is 17.4 Å². The molecule has 2 aromatic carbocycles. The van der Waals surface area contributed by atoms with Crippen molar-refractivity contribution in [1.29, 1.82) is 5.26 Å². The van der Waals surface area contributed by atoms with Crippen molar-refractivity contribution in [1.82, 2.24) is 0 Å². The third-order valence-corrected chi connectivity index (χ3v) is 4.87. The van der Waals surface area contributed by atoms with Gasteiger partial charge in [0, 0.05) is 29.5 Å². The second kappa shape index (κ2) is 9.74. The second-order valence-corrected chi connectivity index (χ2v) is 7.45. The van der Waals surface area contributed by atoms with E-state index in [9.17, 15) is 46.5 Å². The standard InChI is InChI=1S/C22H10ClF6N3O4/c23-18-9-15(32(34)35)1-3-17(18)19-4-2-16(36-19)5-11(10-30)20(33)31-14-7-12(21(24,25)26)6-13(8-14)22(27,28)29/h1-9H,(H,31,33)/b11-5+. The fourth-order valence-corrected chi connectivity index (χ4v) is 3.18. The van der Waals surface area contributed by atoms with E-state index in [-0.39, 0.29) is 33.9 Å². The number of alkyl halides is 6. The number of non-ortho nitro benzene ring substituents is 1. The largest absolute Gasteiger partial charge is 0.457 e. The molecule has 1 amide bonds. The van der Waals surface area contributed by atoms with Crippen molar-refractivity contribution in [2.24, 2.45) is 0 Å². The highest BCUT2D eigenvalue weighted by Crippen LogP contribution is 2.38. The highest BCUT2D eigenvalue weighted by Gasteiger charge is 2.37. The van der Waals surface area contributed by atoms with Crippen LogP contribution in [0.1, 0.15) is 16.9 Å². The molecule has 1 N–H and O–H groups in total. The van der Waals surface area contributed by atoms with Gasteiger partial charge in [0.25, 0.3) is 11.6 Å². The lowest BCUT2D eigenvalue weighted by molar-refractivity contribution is -0.384. The Morgan fingerprint density at radius 2 is 1.64 bits per heavy atom. The van der Waals surface area contributed by atoms with Gasteiger partial charge >= 0.3 is 12.4 Å². The molecule has 3 rings (SSSR count). The smallest absolute Gasteiger partial charge is 0.416 e. The molecule has 0 aliphatic carbocycles. The minimum absolute atomic E-state index is 0.0302. The number of nitro groups is 1. The first-order chi connectivity index (χ1) is 16.7. The molecule has 0 radical (unpaired) electrons. The van der Waals surface area contributed by atoms with Crippen molar-refractivity contribution in [3.63, 3.8) is 0 Å². The minimum atomic E-state index is -5.13. The first-order valence-corrected chi connectivity index (χ1v) is 9.83. The summed E-state index contributed by atoms with van der Waals surface area (Å²) in [5.74, 6) is -1.28. The Labute approximate surface area is 202 Å². The summed E-state index contributed by atoms with van der Waals surface area (Å²) < 4.78 is 83.6. The first kappa shape index (κ1) is 26.3. The summed E-state index contributed by atoms with van der Waals surface area (Å²) in [7, 11) is 0. The van der Waals surface area contributed by atoms with E-state index in [0.29, 0.717) is 12.1 Å². The van der Waals surface area contributed by atoms with Crippen LogP contribution in [0.4, 0.5) is 37.7 Å². The zero-order chi connectivity index (χ0) is 26.8. The van der Waals surface area contributed by atoms with Gasteiger partial charge in [-0.05, 0) is 36.4 Å². The number of nitro benzene ring substituents is 1. The van der Waals surface area contributed by atoms with Crippen LogP contribution in [0, 0.1) is 21.4 Å². The number of anilines is 1. The molecule has 0 unspecified atom stereocenters. The number of hydrogen-bond donors (Lipinski definition) is 1. The molecule has 0 saturated heterocycles. The van der Waals surface area contributed by atoms with E-state index in [0.717, 1.165) is 18.2 Å². The Hall–Kier alpha value is -4.31. The molecule has 0 atom stereocenters. The van der Waals surface area contributed by atoms with Crippen LogP contribution in [0.5, 0.6) is 0 Å². The minimum Gasteiger partial charge on any atom is -0.457 e. The number of nitrogens with zero attached hydrogens (tertiary/aromatic N) is 2. The van der Waals surface area contributed by atoms with Gasteiger partial charge in [-0.15, -0.1) is 0 Å². The number of halogens is 7. The molecular weight excluding hydrogens is 520 g/mol. The zero-order valence-electron chi connectivity index (χ0n) is 17.4. The zero-order valence-corrected chi connectivity index (χ0v) is 18.1. The predicted octanol–water partition coefficient (Wildman–Crippen LogP) is 7.09. The molecule has 0 bridgehead atoms. The van der Waals surface area contributed by atoms with E-state index in [1.807, 2.05) is 5.32 Å². The van der Waals surface area contributed by atoms with Gasteiger partial charge in [-0.25, -0.2) is 0 Å². The fraction of sp³-hybridized carbons (Fsp3) is 0.0909. The molecule has 3 aromatic rings. The van der Waals surface area contributed by atoms with E-state index in [4.69, 9.17) is 16.0 Å². The molecule has 0 aliphatic heterocycles.